The molecular weight excluding hydrogens is 305 g/mol. The number of nitrogens with zero attached hydrogens (tertiary/aromatic N) is 2. The van der Waals surface area contributed by atoms with Gasteiger partial charge in [0.05, 0.1) is 11.4 Å². The number of amides is 3. The zero-order valence-electron chi connectivity index (χ0n) is 12.8. The Kier molecular flexibility index (Phi) is 3.67. The van der Waals surface area contributed by atoms with Crippen LogP contribution in [0.1, 0.15) is 12.0 Å². The first kappa shape index (κ1) is 15.3. The first-order valence-electron chi connectivity index (χ1n) is 7.20. The van der Waals surface area contributed by atoms with Gasteiger partial charge in [-0.15, -0.1) is 0 Å². The fourth-order valence-corrected chi connectivity index (χ4v) is 2.95. The highest BCUT2D eigenvalue weighted by Crippen LogP contribution is 2.35. The quantitative estimate of drug-likeness (QED) is 0.874. The van der Waals surface area contributed by atoms with Crippen molar-refractivity contribution < 1.29 is 23.5 Å². The normalized spacial score (nSPS) is 20.4. The van der Waals surface area contributed by atoms with E-state index in [0.29, 0.717) is 12.0 Å². The van der Waals surface area contributed by atoms with Crippen LogP contribution in [-0.4, -0.2) is 44.7 Å². The molecule has 23 heavy (non-hydrogen) atoms. The van der Waals surface area contributed by atoms with Crippen molar-refractivity contribution in [3.63, 3.8) is 0 Å². The van der Waals surface area contributed by atoms with E-state index < -0.39 is 18.0 Å². The Morgan fingerprint density at radius 1 is 1.35 bits per heavy atom. The van der Waals surface area contributed by atoms with Crippen LogP contribution in [0.15, 0.2) is 12.1 Å². The molecule has 1 fully saturated rings. The summed E-state index contributed by atoms with van der Waals surface area (Å²) in [7, 11) is 2.97. The van der Waals surface area contributed by atoms with Crippen LogP contribution in [-0.2, 0) is 20.7 Å². The number of halogens is 1. The molecule has 7 nitrogen and oxygen atoms in total. The average Bonchev–Trinajstić information content (AvgIpc) is 2.91. The van der Waals surface area contributed by atoms with Gasteiger partial charge in [0.1, 0.15) is 12.4 Å². The summed E-state index contributed by atoms with van der Waals surface area (Å²) in [6.45, 7) is -0.0877. The molecule has 3 amide bonds. The van der Waals surface area contributed by atoms with Gasteiger partial charge in [-0.3, -0.25) is 14.5 Å². The second-order valence-corrected chi connectivity index (χ2v) is 5.47. The average molecular weight is 321 g/mol. The lowest BCUT2D eigenvalue weighted by molar-refractivity contribution is -0.122. The summed E-state index contributed by atoms with van der Waals surface area (Å²) in [4.78, 5) is 37.9. The SMILES string of the molecule is CNC(=O)[C@@H]1COC(=O)N1c1cc(F)c2c(c1)CCC(=O)N2C. The first-order chi connectivity index (χ1) is 10.9. The van der Waals surface area contributed by atoms with Crippen LogP contribution in [0.5, 0.6) is 0 Å². The summed E-state index contributed by atoms with van der Waals surface area (Å²) < 4.78 is 19.4. The molecule has 3 rings (SSSR count). The minimum atomic E-state index is -0.840. The van der Waals surface area contributed by atoms with Crippen molar-refractivity contribution in [2.75, 3.05) is 30.5 Å². The molecule has 0 spiro atoms. The Balaban J connectivity index is 2.04. The highest BCUT2D eigenvalue weighted by atomic mass is 19.1. The lowest BCUT2D eigenvalue weighted by Gasteiger charge is -2.28. The number of benzene rings is 1. The van der Waals surface area contributed by atoms with Crippen LogP contribution >= 0.6 is 0 Å². The Morgan fingerprint density at radius 2 is 2.09 bits per heavy atom. The fourth-order valence-electron chi connectivity index (χ4n) is 2.95. The predicted molar refractivity (Wildman–Crippen MR) is 79.8 cm³/mol. The van der Waals surface area contributed by atoms with Gasteiger partial charge in [-0.05, 0) is 24.1 Å². The molecule has 0 saturated carbocycles. The van der Waals surface area contributed by atoms with Crippen LogP contribution in [0.3, 0.4) is 0 Å². The predicted octanol–water partition coefficient (Wildman–Crippen LogP) is 0.806. The van der Waals surface area contributed by atoms with Gasteiger partial charge in [-0.1, -0.05) is 0 Å². The minimum absolute atomic E-state index is 0.0877. The van der Waals surface area contributed by atoms with Gasteiger partial charge in [0.2, 0.25) is 11.8 Å². The van der Waals surface area contributed by atoms with Crippen LogP contribution < -0.4 is 15.1 Å². The van der Waals surface area contributed by atoms with Crippen molar-refractivity contribution in [3.05, 3.63) is 23.5 Å². The maximum Gasteiger partial charge on any atom is 0.415 e. The fraction of sp³-hybridized carbons (Fsp3) is 0.400. The van der Waals surface area contributed by atoms with Crippen molar-refractivity contribution in [1.29, 1.82) is 0 Å². The maximum absolute atomic E-state index is 14.5. The van der Waals surface area contributed by atoms with Crippen LogP contribution in [0, 0.1) is 5.82 Å². The summed E-state index contributed by atoms with van der Waals surface area (Å²) in [5, 5.41) is 2.46. The lowest BCUT2D eigenvalue weighted by Crippen LogP contribution is -2.45. The van der Waals surface area contributed by atoms with E-state index in [2.05, 4.69) is 5.32 Å². The number of ether oxygens (including phenoxy) is 1. The summed E-state index contributed by atoms with van der Waals surface area (Å²) in [6.07, 6.45) is -0.0369. The largest absolute Gasteiger partial charge is 0.446 e. The molecule has 2 aliphatic rings. The molecule has 1 aromatic rings. The van der Waals surface area contributed by atoms with Crippen molar-refractivity contribution in [2.24, 2.45) is 0 Å². The highest BCUT2D eigenvalue weighted by Gasteiger charge is 2.39. The van der Waals surface area contributed by atoms with Gasteiger partial charge < -0.3 is 15.0 Å². The molecule has 0 radical (unpaired) electrons. The van der Waals surface area contributed by atoms with Crippen LogP contribution in [0.4, 0.5) is 20.6 Å². The second-order valence-electron chi connectivity index (χ2n) is 5.47. The van der Waals surface area contributed by atoms with Gasteiger partial charge in [-0.2, -0.15) is 0 Å². The zero-order chi connectivity index (χ0) is 16.7. The summed E-state index contributed by atoms with van der Waals surface area (Å²) in [5.74, 6) is -1.15. The smallest absolute Gasteiger partial charge is 0.415 e. The molecule has 2 heterocycles. The van der Waals surface area contributed by atoms with Crippen molar-refractivity contribution >= 4 is 29.3 Å². The topological polar surface area (TPSA) is 79.0 Å². The molecule has 1 aromatic carbocycles. The zero-order valence-corrected chi connectivity index (χ0v) is 12.8. The molecule has 1 atom stereocenters. The number of fused-ring (bicyclic) bond motifs is 1. The van der Waals surface area contributed by atoms with E-state index in [4.69, 9.17) is 4.74 Å². The van der Waals surface area contributed by atoms with E-state index in [-0.39, 0.29) is 36.2 Å². The first-order valence-corrected chi connectivity index (χ1v) is 7.20. The Bertz CT molecular complexity index is 706. The summed E-state index contributed by atoms with van der Waals surface area (Å²) in [5.41, 5.74) is 1.09. The third-order valence-electron chi connectivity index (χ3n) is 4.15. The maximum atomic E-state index is 14.5. The van der Waals surface area contributed by atoms with Crippen LogP contribution in [0.2, 0.25) is 0 Å². The van der Waals surface area contributed by atoms with Gasteiger partial charge in [0.25, 0.3) is 0 Å². The van der Waals surface area contributed by atoms with E-state index in [0.717, 1.165) is 11.0 Å². The third kappa shape index (κ3) is 2.39. The number of aryl methyl sites for hydroxylation is 1. The molecule has 122 valence electrons. The number of carbonyl (C=O) groups is 3. The standard InChI is InChI=1S/C15H16FN3O4/c1-17-14(21)11-7-23-15(22)19(11)9-5-8-3-4-12(20)18(2)13(8)10(16)6-9/h5-6,11H,3-4,7H2,1-2H3,(H,17,21)/t11-/m0/s1. The molecule has 0 aromatic heterocycles. The molecule has 2 aliphatic heterocycles. The van der Waals surface area contributed by atoms with E-state index in [1.165, 1.54) is 19.0 Å². The van der Waals surface area contributed by atoms with Gasteiger partial charge in [0.15, 0.2) is 6.04 Å². The Hall–Kier alpha value is -2.64. The third-order valence-corrected chi connectivity index (χ3v) is 4.15. The van der Waals surface area contributed by atoms with Crippen LogP contribution in [0.25, 0.3) is 0 Å². The molecule has 0 bridgehead atoms. The molecule has 1 N–H and O–H groups in total. The minimum Gasteiger partial charge on any atom is -0.446 e. The lowest BCUT2D eigenvalue weighted by atomic mass is 10.00. The van der Waals surface area contributed by atoms with E-state index in [1.807, 2.05) is 0 Å². The monoisotopic (exact) mass is 321 g/mol. The number of rotatable bonds is 2. The molecular formula is C15H16FN3O4. The number of hydrogen-bond acceptors (Lipinski definition) is 4. The molecule has 8 heteroatoms. The number of nitrogens with one attached hydrogen (secondary N) is 1. The van der Waals surface area contributed by atoms with Gasteiger partial charge in [-0.25, -0.2) is 9.18 Å². The number of likely N-dealkylation sites (N-methyl/N-ethyl adjacent to an activating group) is 1. The molecule has 0 unspecified atom stereocenters. The molecule has 1 saturated heterocycles. The number of anilines is 2. The van der Waals surface area contributed by atoms with Gasteiger partial charge >= 0.3 is 6.09 Å². The van der Waals surface area contributed by atoms with E-state index in [1.54, 1.807) is 6.07 Å². The summed E-state index contributed by atoms with van der Waals surface area (Å²) >= 11 is 0. The number of carbonyl (C=O) groups excluding carboxylic acids is 3. The number of hydrogen-bond donors (Lipinski definition) is 1. The second kappa shape index (κ2) is 5.53. The van der Waals surface area contributed by atoms with Gasteiger partial charge in [0, 0.05) is 20.5 Å². The number of cyclic esters (lactones) is 1. The van der Waals surface area contributed by atoms with E-state index in [9.17, 15) is 18.8 Å². The highest BCUT2D eigenvalue weighted by molar-refractivity contribution is 6.01. The van der Waals surface area contributed by atoms with Crippen molar-refractivity contribution in [3.8, 4) is 0 Å². The summed E-state index contributed by atoms with van der Waals surface area (Å²) in [6, 6.07) is 1.94. The Morgan fingerprint density at radius 3 is 2.78 bits per heavy atom. The van der Waals surface area contributed by atoms with E-state index >= 15 is 0 Å². The van der Waals surface area contributed by atoms with Crippen molar-refractivity contribution in [2.45, 2.75) is 18.9 Å². The molecule has 0 aliphatic carbocycles. The van der Waals surface area contributed by atoms with Crippen molar-refractivity contribution in [1.82, 2.24) is 5.32 Å². The Labute approximate surface area is 132 Å².